The molecule has 0 unspecified atom stereocenters. The van der Waals surface area contributed by atoms with E-state index in [9.17, 15) is 0 Å². The lowest BCUT2D eigenvalue weighted by Crippen LogP contribution is -2.39. The Bertz CT molecular complexity index is 947. The fourth-order valence-corrected chi connectivity index (χ4v) is 4.47. The number of rotatable bonds is 8. The zero-order chi connectivity index (χ0) is 22.0. The fraction of sp³-hybridized carbons (Fsp3) is 0.423. The summed E-state index contributed by atoms with van der Waals surface area (Å²) in [5, 5.41) is 15.8. The van der Waals surface area contributed by atoms with E-state index in [2.05, 4.69) is 91.1 Å². The first-order chi connectivity index (χ1) is 15.8. The maximum absolute atomic E-state index is 4.43. The van der Waals surface area contributed by atoms with Crippen molar-refractivity contribution in [2.45, 2.75) is 51.0 Å². The minimum atomic E-state index is 0. The normalized spacial score (nSPS) is 13.7. The quantitative estimate of drug-likeness (QED) is 0.242. The maximum atomic E-state index is 4.43. The predicted molar refractivity (Wildman–Crippen MR) is 145 cm³/mol. The number of guanidine groups is 1. The minimum Gasteiger partial charge on any atom is -0.356 e. The zero-order valence-corrected chi connectivity index (χ0v) is 21.7. The largest absolute Gasteiger partial charge is 0.356 e. The van der Waals surface area contributed by atoms with Gasteiger partial charge >= 0.3 is 0 Å². The van der Waals surface area contributed by atoms with Gasteiger partial charge < -0.3 is 15.2 Å². The van der Waals surface area contributed by atoms with Crippen LogP contribution in [0.5, 0.6) is 0 Å². The van der Waals surface area contributed by atoms with Crippen molar-refractivity contribution in [1.82, 2.24) is 25.4 Å². The van der Waals surface area contributed by atoms with E-state index in [0.717, 1.165) is 56.5 Å². The summed E-state index contributed by atoms with van der Waals surface area (Å²) in [6.45, 7) is 2.68. The highest BCUT2D eigenvalue weighted by Crippen LogP contribution is 2.27. The summed E-state index contributed by atoms with van der Waals surface area (Å²) in [6.07, 6.45) is 6.62. The molecule has 0 saturated heterocycles. The average molecular weight is 559 g/mol. The van der Waals surface area contributed by atoms with E-state index >= 15 is 0 Å². The van der Waals surface area contributed by atoms with Crippen LogP contribution in [0.4, 0.5) is 0 Å². The molecule has 0 aliphatic carbocycles. The second-order valence-electron chi connectivity index (χ2n) is 8.33. The van der Waals surface area contributed by atoms with Crippen LogP contribution in [-0.2, 0) is 19.4 Å². The molecule has 0 saturated carbocycles. The minimum absolute atomic E-state index is 0. The van der Waals surface area contributed by atoms with E-state index in [1.54, 1.807) is 0 Å². The smallest absolute Gasteiger partial charge is 0.190 e. The molecule has 0 spiro atoms. The molecule has 4 rings (SSSR count). The van der Waals surface area contributed by atoms with E-state index in [1.165, 1.54) is 30.4 Å². The Labute approximate surface area is 214 Å². The maximum Gasteiger partial charge on any atom is 0.190 e. The Morgan fingerprint density at radius 1 is 0.909 bits per heavy atom. The van der Waals surface area contributed by atoms with Gasteiger partial charge in [0, 0.05) is 45.4 Å². The Hall–Kier alpha value is -2.42. The number of hydrogen-bond donors (Lipinski definition) is 2. The topological polar surface area (TPSA) is 67.1 Å². The van der Waals surface area contributed by atoms with Gasteiger partial charge in [0.25, 0.3) is 0 Å². The number of nitrogens with one attached hydrogen (secondary N) is 2. The monoisotopic (exact) mass is 558 g/mol. The number of nitrogens with zero attached hydrogens (tertiary/aromatic N) is 4. The standard InChI is InChI=1S/C26H34N6.HI/c1-27-26(29-19-17-25-31-30-24-15-9-4-10-20-32(24)25)28-18-16-23(21-11-5-2-6-12-21)22-13-7-3-8-14-22;/h2-3,5-8,11-14,23H,4,9-10,15-20H2,1H3,(H2,27,28,29);1H. The number of halogens is 1. The summed E-state index contributed by atoms with van der Waals surface area (Å²) in [7, 11) is 1.82. The van der Waals surface area contributed by atoms with Crippen molar-refractivity contribution >= 4 is 29.9 Å². The molecule has 2 aromatic carbocycles. The molecule has 0 fully saturated rings. The Morgan fingerprint density at radius 2 is 1.58 bits per heavy atom. The lowest BCUT2D eigenvalue weighted by Gasteiger charge is -2.19. The fourth-order valence-electron chi connectivity index (χ4n) is 4.47. The van der Waals surface area contributed by atoms with Crippen molar-refractivity contribution < 1.29 is 0 Å². The van der Waals surface area contributed by atoms with Crippen molar-refractivity contribution in [3.05, 3.63) is 83.4 Å². The van der Waals surface area contributed by atoms with E-state index < -0.39 is 0 Å². The first kappa shape index (κ1) is 25.2. The molecule has 0 radical (unpaired) electrons. The number of aliphatic imine (C=N–C) groups is 1. The molecule has 7 heteroatoms. The van der Waals surface area contributed by atoms with Crippen molar-refractivity contribution in [1.29, 1.82) is 0 Å². The Morgan fingerprint density at radius 3 is 2.24 bits per heavy atom. The van der Waals surface area contributed by atoms with Gasteiger partial charge in [-0.3, -0.25) is 4.99 Å². The lowest BCUT2D eigenvalue weighted by molar-refractivity contribution is 0.599. The van der Waals surface area contributed by atoms with Gasteiger partial charge in [0.2, 0.25) is 0 Å². The number of aryl methyl sites for hydroxylation is 1. The zero-order valence-electron chi connectivity index (χ0n) is 19.4. The van der Waals surface area contributed by atoms with E-state index in [0.29, 0.717) is 5.92 Å². The van der Waals surface area contributed by atoms with Crippen LogP contribution in [0.3, 0.4) is 0 Å². The van der Waals surface area contributed by atoms with Crippen molar-refractivity contribution in [2.75, 3.05) is 20.1 Å². The summed E-state index contributed by atoms with van der Waals surface area (Å²) < 4.78 is 2.31. The van der Waals surface area contributed by atoms with Gasteiger partial charge in [0.1, 0.15) is 11.6 Å². The third-order valence-corrected chi connectivity index (χ3v) is 6.18. The van der Waals surface area contributed by atoms with E-state index in [4.69, 9.17) is 0 Å². The van der Waals surface area contributed by atoms with Crippen LogP contribution in [-0.4, -0.2) is 40.9 Å². The van der Waals surface area contributed by atoms with Gasteiger partial charge in [-0.2, -0.15) is 0 Å². The van der Waals surface area contributed by atoms with Gasteiger partial charge in [-0.1, -0.05) is 67.1 Å². The van der Waals surface area contributed by atoms with Gasteiger partial charge in [0.05, 0.1) is 0 Å². The second-order valence-corrected chi connectivity index (χ2v) is 8.33. The van der Waals surface area contributed by atoms with Crippen molar-refractivity contribution in [2.24, 2.45) is 4.99 Å². The summed E-state index contributed by atoms with van der Waals surface area (Å²) in [6, 6.07) is 21.5. The number of hydrogen-bond acceptors (Lipinski definition) is 3. The molecule has 0 atom stereocenters. The highest BCUT2D eigenvalue weighted by molar-refractivity contribution is 14.0. The molecule has 1 aromatic heterocycles. The molecule has 1 aliphatic rings. The van der Waals surface area contributed by atoms with Crippen molar-refractivity contribution in [3.63, 3.8) is 0 Å². The second kappa shape index (κ2) is 13.3. The molecule has 2 N–H and O–H groups in total. The summed E-state index contributed by atoms with van der Waals surface area (Å²) >= 11 is 0. The number of aromatic nitrogens is 3. The van der Waals surface area contributed by atoms with Crippen LogP contribution in [0, 0.1) is 0 Å². The van der Waals surface area contributed by atoms with Crippen LogP contribution in [0.25, 0.3) is 0 Å². The Balaban J connectivity index is 0.00000306. The van der Waals surface area contributed by atoms with Gasteiger partial charge in [-0.05, 0) is 30.4 Å². The predicted octanol–water partition coefficient (Wildman–Crippen LogP) is 4.55. The first-order valence-electron chi connectivity index (χ1n) is 11.8. The SMILES string of the molecule is CN=C(NCCc1nnc2n1CCCCC2)NCCC(c1ccccc1)c1ccccc1.I. The van der Waals surface area contributed by atoms with E-state index in [1.807, 2.05) is 7.05 Å². The number of benzene rings is 2. The molecule has 33 heavy (non-hydrogen) atoms. The molecule has 0 bridgehead atoms. The summed E-state index contributed by atoms with van der Waals surface area (Å²) in [4.78, 5) is 4.40. The molecule has 2 heterocycles. The lowest BCUT2D eigenvalue weighted by atomic mass is 9.88. The Kier molecular flexibility index (Phi) is 10.2. The highest BCUT2D eigenvalue weighted by Gasteiger charge is 2.15. The van der Waals surface area contributed by atoms with Crippen LogP contribution in [0.2, 0.25) is 0 Å². The molecule has 3 aromatic rings. The van der Waals surface area contributed by atoms with Gasteiger partial charge in [-0.25, -0.2) is 0 Å². The van der Waals surface area contributed by atoms with Gasteiger partial charge in [-0.15, -0.1) is 34.2 Å². The van der Waals surface area contributed by atoms with Crippen LogP contribution >= 0.6 is 24.0 Å². The summed E-state index contributed by atoms with van der Waals surface area (Å²) in [5.41, 5.74) is 2.69. The highest BCUT2D eigenvalue weighted by atomic mass is 127. The van der Waals surface area contributed by atoms with Crippen LogP contribution in [0.15, 0.2) is 65.7 Å². The molecule has 6 nitrogen and oxygen atoms in total. The molecule has 1 aliphatic heterocycles. The van der Waals surface area contributed by atoms with Crippen molar-refractivity contribution in [3.8, 4) is 0 Å². The van der Waals surface area contributed by atoms with E-state index in [-0.39, 0.29) is 24.0 Å². The molecular formula is C26H35IN6. The number of fused-ring (bicyclic) bond motifs is 1. The van der Waals surface area contributed by atoms with Crippen LogP contribution in [0.1, 0.15) is 54.4 Å². The summed E-state index contributed by atoms with van der Waals surface area (Å²) in [5.74, 6) is 3.42. The molecule has 176 valence electrons. The average Bonchev–Trinajstić information content (AvgIpc) is 3.07. The molecular weight excluding hydrogens is 523 g/mol. The third-order valence-electron chi connectivity index (χ3n) is 6.18. The third kappa shape index (κ3) is 7.03. The molecule has 0 amide bonds. The first-order valence-corrected chi connectivity index (χ1v) is 11.8. The van der Waals surface area contributed by atoms with Crippen LogP contribution < -0.4 is 10.6 Å². The van der Waals surface area contributed by atoms with Gasteiger partial charge in [0.15, 0.2) is 5.96 Å².